The molecule has 0 spiro atoms. The minimum Gasteiger partial charge on any atom is -0.504 e. The normalized spacial score (nSPS) is 26.3. The number of phenolic OH excluding ortho intramolecular Hbond substituents is 2. The fourth-order valence-corrected chi connectivity index (χ4v) is 6.78. The molecule has 1 heterocycles. The summed E-state index contributed by atoms with van der Waals surface area (Å²) in [5, 5.41) is 41.6. The van der Waals surface area contributed by atoms with Crippen molar-refractivity contribution in [1.82, 2.24) is 0 Å². The molecular formula is C27H32BNO5. The smallest absolute Gasteiger partial charge is 0.496 e. The highest BCUT2D eigenvalue weighted by atomic mass is 16.4. The van der Waals surface area contributed by atoms with E-state index in [1.807, 2.05) is 36.5 Å². The number of nitrogens with zero attached hydrogens (tertiary/aromatic N) is 1. The number of benzene rings is 2. The van der Waals surface area contributed by atoms with Crippen molar-refractivity contribution < 1.29 is 24.7 Å². The number of para-hydroxylation sites is 1. The number of aliphatic imine (C=N–C) groups is 1. The second-order valence-electron chi connectivity index (χ2n) is 10.9. The lowest BCUT2D eigenvalue weighted by molar-refractivity contribution is 0.0507. The van der Waals surface area contributed by atoms with Gasteiger partial charge in [-0.15, -0.1) is 0 Å². The molecule has 1 unspecified atom stereocenters. The van der Waals surface area contributed by atoms with Gasteiger partial charge in [-0.05, 0) is 60.6 Å². The molecule has 5 rings (SSSR count). The summed E-state index contributed by atoms with van der Waals surface area (Å²) in [4.78, 5) is 4.73. The van der Waals surface area contributed by atoms with Gasteiger partial charge in [-0.3, -0.25) is 4.99 Å². The summed E-state index contributed by atoms with van der Waals surface area (Å²) >= 11 is 0. The highest BCUT2D eigenvalue weighted by molar-refractivity contribution is 6.63. The zero-order valence-corrected chi connectivity index (χ0v) is 20.0. The van der Waals surface area contributed by atoms with Crippen LogP contribution in [-0.4, -0.2) is 33.6 Å². The van der Waals surface area contributed by atoms with Gasteiger partial charge in [-0.25, -0.2) is 0 Å². The third kappa shape index (κ3) is 3.53. The third-order valence-corrected chi connectivity index (χ3v) is 8.32. The molecule has 4 N–H and O–H groups in total. The van der Waals surface area contributed by atoms with Crippen molar-refractivity contribution in [2.75, 3.05) is 0 Å². The topological polar surface area (TPSA) is 106 Å². The Bertz CT molecular complexity index is 1250. The molecule has 1 aromatic heterocycles. The predicted molar refractivity (Wildman–Crippen MR) is 134 cm³/mol. The molecule has 34 heavy (non-hydrogen) atoms. The first-order valence-corrected chi connectivity index (χ1v) is 12.1. The summed E-state index contributed by atoms with van der Waals surface area (Å²) in [5.41, 5.74) is 1.78. The highest BCUT2D eigenvalue weighted by Gasteiger charge is 2.52. The number of furan rings is 1. The molecule has 178 valence electrons. The van der Waals surface area contributed by atoms with Crippen LogP contribution in [0, 0.1) is 11.3 Å². The first kappa shape index (κ1) is 23.0. The van der Waals surface area contributed by atoms with Crippen molar-refractivity contribution in [3.63, 3.8) is 0 Å². The zero-order valence-electron chi connectivity index (χ0n) is 20.0. The molecule has 2 aromatic carbocycles. The van der Waals surface area contributed by atoms with E-state index in [1.165, 1.54) is 6.07 Å². The van der Waals surface area contributed by atoms with E-state index in [0.717, 1.165) is 49.1 Å². The van der Waals surface area contributed by atoms with Gasteiger partial charge in [0, 0.05) is 17.2 Å². The molecule has 7 heteroatoms. The van der Waals surface area contributed by atoms with Gasteiger partial charge >= 0.3 is 7.12 Å². The van der Waals surface area contributed by atoms with Crippen LogP contribution in [-0.2, 0) is 5.41 Å². The fourth-order valence-electron chi connectivity index (χ4n) is 6.78. The van der Waals surface area contributed by atoms with Crippen molar-refractivity contribution >= 4 is 35.5 Å². The Morgan fingerprint density at radius 3 is 2.50 bits per heavy atom. The summed E-state index contributed by atoms with van der Waals surface area (Å²) in [6, 6.07) is 11.3. The predicted octanol–water partition coefficient (Wildman–Crippen LogP) is 4.89. The number of rotatable bonds is 3. The first-order valence-electron chi connectivity index (χ1n) is 12.1. The minimum absolute atomic E-state index is 0.117. The van der Waals surface area contributed by atoms with E-state index < -0.39 is 12.9 Å². The Kier molecular flexibility index (Phi) is 5.53. The number of hydrogen-bond donors (Lipinski definition) is 4. The van der Waals surface area contributed by atoms with E-state index in [4.69, 9.17) is 9.41 Å². The molecule has 1 saturated carbocycles. The third-order valence-electron chi connectivity index (χ3n) is 8.32. The van der Waals surface area contributed by atoms with Crippen molar-refractivity contribution in [3.8, 4) is 11.5 Å². The van der Waals surface area contributed by atoms with Crippen LogP contribution in [0.5, 0.6) is 11.5 Å². The summed E-state index contributed by atoms with van der Waals surface area (Å²) < 4.78 is 6.40. The molecule has 0 aliphatic heterocycles. The van der Waals surface area contributed by atoms with E-state index >= 15 is 0 Å². The maximum absolute atomic E-state index is 10.5. The van der Waals surface area contributed by atoms with Crippen LogP contribution in [0.2, 0.25) is 0 Å². The maximum Gasteiger partial charge on any atom is 0.496 e. The second-order valence-corrected chi connectivity index (χ2v) is 10.9. The van der Waals surface area contributed by atoms with E-state index in [1.54, 1.807) is 0 Å². The van der Waals surface area contributed by atoms with Crippen LogP contribution in [0.1, 0.15) is 70.1 Å². The molecule has 0 amide bonds. The zero-order chi connectivity index (χ0) is 24.3. The van der Waals surface area contributed by atoms with Gasteiger partial charge in [0.05, 0.1) is 17.1 Å². The van der Waals surface area contributed by atoms with E-state index in [2.05, 4.69) is 20.8 Å². The molecule has 3 aromatic rings. The summed E-state index contributed by atoms with van der Waals surface area (Å²) in [6.45, 7) is 6.95. The average molecular weight is 461 g/mol. The molecular weight excluding hydrogens is 429 g/mol. The van der Waals surface area contributed by atoms with Gasteiger partial charge < -0.3 is 24.7 Å². The molecule has 1 fully saturated rings. The van der Waals surface area contributed by atoms with Gasteiger partial charge in [0.2, 0.25) is 0 Å². The SMILES string of the molecule is CC1(C)CCC[C@@]2(C)c3c(oc4c(B(O)O)c(O)c(O)cc34)C(C=Nc3ccccc3)CC[C@H]12. The Balaban J connectivity index is 1.78. The van der Waals surface area contributed by atoms with Crippen LogP contribution >= 0.6 is 0 Å². The van der Waals surface area contributed by atoms with Crippen LogP contribution in [0.3, 0.4) is 0 Å². The molecule has 3 atom stereocenters. The quantitative estimate of drug-likeness (QED) is 0.253. The molecule has 0 radical (unpaired) electrons. The van der Waals surface area contributed by atoms with Gasteiger partial charge in [-0.2, -0.15) is 0 Å². The molecule has 2 aliphatic rings. The van der Waals surface area contributed by atoms with Gasteiger partial charge in [0.25, 0.3) is 0 Å². The van der Waals surface area contributed by atoms with Crippen LogP contribution in [0.25, 0.3) is 11.0 Å². The minimum atomic E-state index is -1.98. The van der Waals surface area contributed by atoms with Crippen molar-refractivity contribution in [1.29, 1.82) is 0 Å². The van der Waals surface area contributed by atoms with Crippen LogP contribution in [0.15, 0.2) is 45.8 Å². The van der Waals surface area contributed by atoms with Crippen molar-refractivity contribution in [2.45, 2.75) is 64.2 Å². The van der Waals surface area contributed by atoms with Crippen molar-refractivity contribution in [2.24, 2.45) is 16.3 Å². The molecule has 0 bridgehead atoms. The number of aromatic hydroxyl groups is 2. The number of hydrogen-bond acceptors (Lipinski definition) is 6. The Morgan fingerprint density at radius 2 is 1.79 bits per heavy atom. The van der Waals surface area contributed by atoms with E-state index in [-0.39, 0.29) is 33.5 Å². The van der Waals surface area contributed by atoms with Crippen LogP contribution < -0.4 is 5.46 Å². The molecule has 0 saturated heterocycles. The molecule has 2 aliphatic carbocycles. The maximum atomic E-state index is 10.5. The van der Waals surface area contributed by atoms with Crippen molar-refractivity contribution in [3.05, 3.63) is 47.7 Å². The number of fused-ring (bicyclic) bond motifs is 5. The monoisotopic (exact) mass is 461 g/mol. The van der Waals surface area contributed by atoms with Gasteiger partial charge in [-0.1, -0.05) is 45.4 Å². The number of phenols is 2. The first-order chi connectivity index (χ1) is 16.1. The summed E-state index contributed by atoms with van der Waals surface area (Å²) in [6.07, 6.45) is 6.99. The van der Waals surface area contributed by atoms with E-state index in [9.17, 15) is 20.3 Å². The van der Waals surface area contributed by atoms with Gasteiger partial charge in [0.1, 0.15) is 11.3 Å². The fraction of sp³-hybridized carbons (Fsp3) is 0.444. The Morgan fingerprint density at radius 1 is 1.06 bits per heavy atom. The lowest BCUT2D eigenvalue weighted by atomic mass is 9.53. The Labute approximate surface area is 200 Å². The summed E-state index contributed by atoms with van der Waals surface area (Å²) in [5.74, 6) is 0.0553. The average Bonchev–Trinajstić information content (AvgIpc) is 3.09. The van der Waals surface area contributed by atoms with Crippen LogP contribution in [0.4, 0.5) is 5.69 Å². The highest BCUT2D eigenvalue weighted by Crippen LogP contribution is 2.59. The Hall–Kier alpha value is -2.77. The second kappa shape index (κ2) is 8.17. The molecule has 6 nitrogen and oxygen atoms in total. The largest absolute Gasteiger partial charge is 0.504 e. The lowest BCUT2D eigenvalue weighted by Gasteiger charge is -2.50. The van der Waals surface area contributed by atoms with Gasteiger partial charge in [0.15, 0.2) is 11.5 Å². The van der Waals surface area contributed by atoms with E-state index in [0.29, 0.717) is 11.3 Å². The lowest BCUT2D eigenvalue weighted by Crippen LogP contribution is -2.44. The standard InChI is InChI=1S/C27H32BNO5/c1-26(2)12-7-13-27(3)20(26)11-10-16(15-29-17-8-5-4-6-9-17)24-21(27)18-14-19(30)23(31)22(28(32)33)25(18)34-24/h4-6,8-9,14-16,20,30-33H,7,10-13H2,1-3H3/t16?,20-,27-/m1/s1. The summed E-state index contributed by atoms with van der Waals surface area (Å²) in [7, 11) is -1.98.